The minimum absolute atomic E-state index is 0.267. The van der Waals surface area contributed by atoms with E-state index in [9.17, 15) is 0 Å². The molecule has 1 aromatic rings. The van der Waals surface area contributed by atoms with E-state index in [1.807, 2.05) is 0 Å². The molecule has 0 radical (unpaired) electrons. The van der Waals surface area contributed by atoms with Crippen LogP contribution in [0.15, 0.2) is 28.7 Å². The highest BCUT2D eigenvalue weighted by Gasteiger charge is 2.42. The van der Waals surface area contributed by atoms with Crippen LogP contribution in [0.25, 0.3) is 0 Å². The smallest absolute Gasteiger partial charge is 0.0586 e. The Morgan fingerprint density at radius 3 is 2.59 bits per heavy atom. The van der Waals surface area contributed by atoms with E-state index in [1.165, 1.54) is 31.4 Å². The van der Waals surface area contributed by atoms with Gasteiger partial charge in [0.2, 0.25) is 0 Å². The van der Waals surface area contributed by atoms with Gasteiger partial charge in [0.15, 0.2) is 0 Å². The van der Waals surface area contributed by atoms with Crippen molar-refractivity contribution in [1.82, 2.24) is 5.32 Å². The summed E-state index contributed by atoms with van der Waals surface area (Å²) < 4.78 is 6.64. The summed E-state index contributed by atoms with van der Waals surface area (Å²) in [6.45, 7) is 2.95. The van der Waals surface area contributed by atoms with Crippen molar-refractivity contribution < 1.29 is 4.74 Å². The molecule has 0 saturated carbocycles. The van der Waals surface area contributed by atoms with Crippen molar-refractivity contribution in [2.45, 2.75) is 30.7 Å². The van der Waals surface area contributed by atoms with Crippen molar-refractivity contribution >= 4 is 15.9 Å². The van der Waals surface area contributed by atoms with Gasteiger partial charge in [-0.25, -0.2) is 0 Å². The van der Waals surface area contributed by atoms with Crippen LogP contribution in [0.5, 0.6) is 0 Å². The Labute approximate surface area is 111 Å². The maximum absolute atomic E-state index is 5.49. The van der Waals surface area contributed by atoms with Crippen LogP contribution in [0.2, 0.25) is 0 Å². The fourth-order valence-electron chi connectivity index (χ4n) is 2.96. The van der Waals surface area contributed by atoms with Gasteiger partial charge < -0.3 is 10.1 Å². The molecular weight excluding hydrogens is 278 g/mol. The van der Waals surface area contributed by atoms with Gasteiger partial charge in [0.1, 0.15) is 0 Å². The summed E-state index contributed by atoms with van der Waals surface area (Å²) >= 11 is 3.50. The average Bonchev–Trinajstić information content (AvgIpc) is 2.77. The minimum Gasteiger partial charge on any atom is -0.379 e. The molecule has 2 aliphatic heterocycles. The summed E-state index contributed by atoms with van der Waals surface area (Å²) in [5.74, 6) is 0. The summed E-state index contributed by atoms with van der Waals surface area (Å²) in [4.78, 5) is 0. The van der Waals surface area contributed by atoms with Gasteiger partial charge in [0, 0.05) is 15.9 Å². The molecule has 2 aliphatic rings. The lowest BCUT2D eigenvalue weighted by molar-refractivity contribution is -0.0679. The zero-order valence-electron chi connectivity index (χ0n) is 9.92. The quantitative estimate of drug-likeness (QED) is 0.926. The monoisotopic (exact) mass is 295 g/mol. The molecule has 2 fully saturated rings. The zero-order valence-corrected chi connectivity index (χ0v) is 11.5. The predicted octanol–water partition coefficient (Wildman–Crippen LogP) is 2.86. The van der Waals surface area contributed by atoms with E-state index in [2.05, 4.69) is 45.5 Å². The van der Waals surface area contributed by atoms with Gasteiger partial charge in [-0.15, -0.1) is 0 Å². The number of hydrogen-bond donors (Lipinski definition) is 1. The lowest BCUT2D eigenvalue weighted by Gasteiger charge is -2.43. The molecule has 2 nitrogen and oxygen atoms in total. The summed E-state index contributed by atoms with van der Waals surface area (Å²) in [5, 5.41) is 3.60. The first-order chi connectivity index (χ1) is 8.28. The van der Waals surface area contributed by atoms with Gasteiger partial charge >= 0.3 is 0 Å². The Bertz CT molecular complexity index is 380. The molecule has 1 aromatic carbocycles. The van der Waals surface area contributed by atoms with Crippen LogP contribution < -0.4 is 5.32 Å². The second-order valence-electron chi connectivity index (χ2n) is 5.28. The van der Waals surface area contributed by atoms with Gasteiger partial charge in [-0.2, -0.15) is 0 Å². The van der Waals surface area contributed by atoms with E-state index >= 15 is 0 Å². The van der Waals surface area contributed by atoms with E-state index in [4.69, 9.17) is 4.74 Å². The number of nitrogens with one attached hydrogen (secondary N) is 1. The van der Waals surface area contributed by atoms with E-state index in [1.54, 1.807) is 0 Å². The summed E-state index contributed by atoms with van der Waals surface area (Å²) in [7, 11) is 0. The van der Waals surface area contributed by atoms with Crippen LogP contribution in [0, 0.1) is 0 Å². The number of halogens is 1. The maximum Gasteiger partial charge on any atom is 0.0586 e. The van der Waals surface area contributed by atoms with E-state index in [0.29, 0.717) is 6.04 Å². The number of rotatable bonds is 3. The molecule has 1 N–H and O–H groups in total. The Morgan fingerprint density at radius 2 is 2.06 bits per heavy atom. The lowest BCUT2D eigenvalue weighted by Crippen LogP contribution is -2.50. The Kier molecular flexibility index (Phi) is 3.24. The van der Waals surface area contributed by atoms with E-state index in [-0.39, 0.29) is 5.41 Å². The van der Waals surface area contributed by atoms with Crippen LogP contribution in [0.4, 0.5) is 0 Å². The third-order valence-corrected chi connectivity index (χ3v) is 4.54. The first kappa shape index (κ1) is 11.7. The molecule has 0 aliphatic carbocycles. The molecule has 0 amide bonds. The van der Waals surface area contributed by atoms with Crippen molar-refractivity contribution in [1.29, 1.82) is 0 Å². The molecule has 2 heterocycles. The first-order valence-corrected chi connectivity index (χ1v) is 7.15. The summed E-state index contributed by atoms with van der Waals surface area (Å²) in [5.41, 5.74) is 1.70. The molecule has 1 atom stereocenters. The SMILES string of the molecule is Brc1ccc(C2(CC3CCCN3)COC2)cc1. The van der Waals surface area contributed by atoms with Crippen molar-refractivity contribution in [3.05, 3.63) is 34.3 Å². The standard InChI is InChI=1S/C14H18BrNO/c15-12-5-3-11(4-6-12)14(9-17-10-14)8-13-2-1-7-16-13/h3-6,13,16H,1-2,7-10H2. The molecule has 1 unspecified atom stereocenters. The lowest BCUT2D eigenvalue weighted by atomic mass is 9.73. The molecule has 92 valence electrons. The highest BCUT2D eigenvalue weighted by Crippen LogP contribution is 2.38. The highest BCUT2D eigenvalue weighted by molar-refractivity contribution is 9.10. The third kappa shape index (κ3) is 2.28. The van der Waals surface area contributed by atoms with Crippen molar-refractivity contribution in [3.63, 3.8) is 0 Å². The van der Waals surface area contributed by atoms with Gasteiger partial charge in [-0.05, 0) is 43.5 Å². The molecular formula is C14H18BrNO. The normalized spacial score (nSPS) is 26.8. The second-order valence-corrected chi connectivity index (χ2v) is 6.19. The van der Waals surface area contributed by atoms with Gasteiger partial charge in [-0.3, -0.25) is 0 Å². The Hall–Kier alpha value is -0.380. The molecule has 0 aromatic heterocycles. The summed E-state index contributed by atoms with van der Waals surface area (Å²) in [6.07, 6.45) is 3.86. The molecule has 0 spiro atoms. The second kappa shape index (κ2) is 4.71. The van der Waals surface area contributed by atoms with Crippen LogP contribution in [0.1, 0.15) is 24.8 Å². The number of hydrogen-bond acceptors (Lipinski definition) is 2. The van der Waals surface area contributed by atoms with Gasteiger partial charge in [-0.1, -0.05) is 28.1 Å². The predicted molar refractivity (Wildman–Crippen MR) is 72.3 cm³/mol. The fourth-order valence-corrected chi connectivity index (χ4v) is 3.22. The van der Waals surface area contributed by atoms with Crippen molar-refractivity contribution in [2.75, 3.05) is 19.8 Å². The number of ether oxygens (including phenoxy) is 1. The summed E-state index contributed by atoms with van der Waals surface area (Å²) in [6, 6.07) is 9.43. The van der Waals surface area contributed by atoms with Crippen LogP contribution >= 0.6 is 15.9 Å². The van der Waals surface area contributed by atoms with Gasteiger partial charge in [0.25, 0.3) is 0 Å². The molecule has 17 heavy (non-hydrogen) atoms. The third-order valence-electron chi connectivity index (χ3n) is 4.01. The topological polar surface area (TPSA) is 21.3 Å². The maximum atomic E-state index is 5.49. The number of benzene rings is 1. The van der Waals surface area contributed by atoms with Crippen LogP contribution in [-0.4, -0.2) is 25.8 Å². The fraction of sp³-hybridized carbons (Fsp3) is 0.571. The molecule has 3 heteroatoms. The Balaban J connectivity index is 1.78. The largest absolute Gasteiger partial charge is 0.379 e. The molecule has 0 bridgehead atoms. The average molecular weight is 296 g/mol. The highest BCUT2D eigenvalue weighted by atomic mass is 79.9. The van der Waals surface area contributed by atoms with Crippen molar-refractivity contribution in [3.8, 4) is 0 Å². The van der Waals surface area contributed by atoms with Crippen LogP contribution in [-0.2, 0) is 10.2 Å². The first-order valence-electron chi connectivity index (χ1n) is 6.36. The molecule has 3 rings (SSSR count). The van der Waals surface area contributed by atoms with E-state index < -0.39 is 0 Å². The minimum atomic E-state index is 0.267. The van der Waals surface area contributed by atoms with Gasteiger partial charge in [0.05, 0.1) is 13.2 Å². The van der Waals surface area contributed by atoms with Crippen molar-refractivity contribution in [2.24, 2.45) is 0 Å². The van der Waals surface area contributed by atoms with Crippen LogP contribution in [0.3, 0.4) is 0 Å². The molecule has 2 saturated heterocycles. The Morgan fingerprint density at radius 1 is 1.29 bits per heavy atom. The zero-order chi connectivity index (χ0) is 11.7. The van der Waals surface area contributed by atoms with E-state index in [0.717, 1.165) is 17.7 Å².